The molecule has 1 fully saturated rings. The average Bonchev–Trinajstić information content (AvgIpc) is 2.91. The van der Waals surface area contributed by atoms with Gasteiger partial charge in [0.1, 0.15) is 11.0 Å². The summed E-state index contributed by atoms with van der Waals surface area (Å²) in [5, 5.41) is 0.498. The molecule has 2 heterocycles. The Morgan fingerprint density at radius 1 is 1.19 bits per heavy atom. The first-order chi connectivity index (χ1) is 14.5. The van der Waals surface area contributed by atoms with Crippen LogP contribution in [0.5, 0.6) is 0 Å². The summed E-state index contributed by atoms with van der Waals surface area (Å²) in [5.41, 5.74) is -1.20. The number of carbonyl (C=O) groups excluding carboxylic acids is 2. The lowest BCUT2D eigenvalue weighted by Crippen LogP contribution is -2.64. The molecular formula is C25H26ClNO4. The van der Waals surface area contributed by atoms with E-state index in [1.807, 2.05) is 51.1 Å². The number of likely N-dealkylation sites (N-methyl/N-ethyl adjacent to an activating group) is 1. The Kier molecular flexibility index (Phi) is 5.02. The lowest BCUT2D eigenvalue weighted by atomic mass is 9.60. The smallest absolute Gasteiger partial charge is 0.321 e. The molecule has 2 aliphatic rings. The third-order valence-electron chi connectivity index (χ3n) is 5.93. The first-order valence-corrected chi connectivity index (χ1v) is 10.6. The molecule has 1 saturated heterocycles. The number of ether oxygens (including phenoxy) is 2. The molecule has 2 aromatic carbocycles. The van der Waals surface area contributed by atoms with Gasteiger partial charge < -0.3 is 14.4 Å². The van der Waals surface area contributed by atoms with Crippen molar-refractivity contribution in [1.82, 2.24) is 0 Å². The van der Waals surface area contributed by atoms with Crippen LogP contribution in [-0.4, -0.2) is 31.1 Å². The summed E-state index contributed by atoms with van der Waals surface area (Å²) in [4.78, 5) is 29.5. The minimum atomic E-state index is -1.59. The van der Waals surface area contributed by atoms with E-state index in [1.54, 1.807) is 25.2 Å². The van der Waals surface area contributed by atoms with Crippen LogP contribution in [-0.2, 0) is 30.1 Å². The first-order valence-electron chi connectivity index (χ1n) is 10.2. The second-order valence-corrected chi connectivity index (χ2v) is 9.63. The number of fused-ring (bicyclic) bond motifs is 2. The van der Waals surface area contributed by atoms with E-state index in [9.17, 15) is 9.59 Å². The number of halogens is 1. The summed E-state index contributed by atoms with van der Waals surface area (Å²) >= 11 is 6.24. The van der Waals surface area contributed by atoms with Gasteiger partial charge in [-0.1, -0.05) is 60.2 Å². The number of carbonyl (C=O) groups is 2. The Bertz CT molecular complexity index is 1070. The molecule has 0 radical (unpaired) electrons. The molecule has 6 heteroatoms. The van der Waals surface area contributed by atoms with Crippen LogP contribution in [0.3, 0.4) is 0 Å². The fourth-order valence-corrected chi connectivity index (χ4v) is 4.87. The SMILES string of the molecule is C=C1CO[C@@]2(C(=O)N(C)c3cc(Cl)ccc32)[C@](C(=O)OC(C)(C)C)(c2ccccc2)C1. The minimum Gasteiger partial charge on any atom is -0.459 e. The van der Waals surface area contributed by atoms with Gasteiger partial charge in [-0.05, 0) is 44.9 Å². The molecule has 0 unspecified atom stereocenters. The normalized spacial score (nSPS) is 25.6. The largest absolute Gasteiger partial charge is 0.459 e. The van der Waals surface area contributed by atoms with Crippen LogP contribution in [0.2, 0.25) is 5.02 Å². The molecule has 0 saturated carbocycles. The zero-order valence-corrected chi connectivity index (χ0v) is 19.0. The van der Waals surface area contributed by atoms with Crippen molar-refractivity contribution in [1.29, 1.82) is 0 Å². The van der Waals surface area contributed by atoms with Gasteiger partial charge in [-0.2, -0.15) is 0 Å². The van der Waals surface area contributed by atoms with E-state index in [-0.39, 0.29) is 18.9 Å². The number of nitrogens with zero attached hydrogens (tertiary/aromatic N) is 1. The zero-order chi connectivity index (χ0) is 22.6. The maximum Gasteiger partial charge on any atom is 0.321 e. The fraction of sp³-hybridized carbons (Fsp3) is 0.360. The van der Waals surface area contributed by atoms with Crippen molar-refractivity contribution in [2.24, 2.45) is 0 Å². The standard InChI is InChI=1S/C25H26ClNO4/c1-16-14-24(17-9-7-6-8-10-17,22(29)31-23(2,3)4)25(30-15-16)19-12-11-18(26)13-20(19)27(5)21(25)28/h6-13H,1,14-15H2,2-5H3/t24-,25-/m0/s1. The Balaban J connectivity index is 2.08. The van der Waals surface area contributed by atoms with Crippen molar-refractivity contribution in [3.63, 3.8) is 0 Å². The Hall–Kier alpha value is -2.63. The highest BCUT2D eigenvalue weighted by Crippen LogP contribution is 2.59. The minimum absolute atomic E-state index is 0.166. The van der Waals surface area contributed by atoms with E-state index < -0.39 is 22.6 Å². The molecule has 1 amide bonds. The summed E-state index contributed by atoms with van der Waals surface area (Å²) in [6.07, 6.45) is 0.230. The van der Waals surface area contributed by atoms with Gasteiger partial charge in [0.2, 0.25) is 0 Å². The van der Waals surface area contributed by atoms with Crippen molar-refractivity contribution in [2.75, 3.05) is 18.6 Å². The van der Waals surface area contributed by atoms with Crippen molar-refractivity contribution < 1.29 is 19.1 Å². The number of anilines is 1. The lowest BCUT2D eigenvalue weighted by molar-refractivity contribution is -0.191. The van der Waals surface area contributed by atoms with Crippen LogP contribution in [0.15, 0.2) is 60.7 Å². The molecule has 0 aromatic heterocycles. The molecular weight excluding hydrogens is 414 g/mol. The van der Waals surface area contributed by atoms with Gasteiger partial charge in [0, 0.05) is 17.6 Å². The van der Waals surface area contributed by atoms with Crippen molar-refractivity contribution in [2.45, 2.75) is 43.8 Å². The summed E-state index contributed by atoms with van der Waals surface area (Å²) in [5.74, 6) is -0.844. The quantitative estimate of drug-likeness (QED) is 0.499. The zero-order valence-electron chi connectivity index (χ0n) is 18.2. The Morgan fingerprint density at radius 2 is 1.87 bits per heavy atom. The molecule has 4 rings (SSSR count). The van der Waals surface area contributed by atoms with E-state index in [2.05, 4.69) is 6.58 Å². The number of benzene rings is 2. The lowest BCUT2D eigenvalue weighted by Gasteiger charge is -2.49. The molecule has 2 aromatic rings. The summed E-state index contributed by atoms with van der Waals surface area (Å²) in [6.45, 7) is 9.70. The highest BCUT2D eigenvalue weighted by atomic mass is 35.5. The van der Waals surface area contributed by atoms with Gasteiger partial charge in [0.15, 0.2) is 5.60 Å². The van der Waals surface area contributed by atoms with E-state index in [0.29, 0.717) is 21.8 Å². The van der Waals surface area contributed by atoms with Gasteiger partial charge in [0.25, 0.3) is 5.91 Å². The molecule has 0 bridgehead atoms. The molecule has 0 aliphatic carbocycles. The van der Waals surface area contributed by atoms with E-state index in [0.717, 1.165) is 5.57 Å². The van der Waals surface area contributed by atoms with Crippen LogP contribution in [0.4, 0.5) is 5.69 Å². The summed E-state index contributed by atoms with van der Waals surface area (Å²) in [7, 11) is 1.67. The molecule has 0 N–H and O–H groups in total. The fourth-order valence-electron chi connectivity index (χ4n) is 4.70. The second kappa shape index (κ2) is 7.21. The van der Waals surface area contributed by atoms with Gasteiger partial charge in [0.05, 0.1) is 12.3 Å². The van der Waals surface area contributed by atoms with Crippen molar-refractivity contribution in [3.05, 3.63) is 76.8 Å². The highest BCUT2D eigenvalue weighted by molar-refractivity contribution is 6.31. The highest BCUT2D eigenvalue weighted by Gasteiger charge is 2.70. The van der Waals surface area contributed by atoms with Gasteiger partial charge in [-0.25, -0.2) is 0 Å². The molecule has 2 atom stereocenters. The maximum absolute atomic E-state index is 14.0. The molecule has 31 heavy (non-hydrogen) atoms. The van der Waals surface area contributed by atoms with Crippen LogP contribution in [0.25, 0.3) is 0 Å². The molecule has 2 aliphatic heterocycles. The van der Waals surface area contributed by atoms with E-state index in [1.165, 1.54) is 4.90 Å². The predicted molar refractivity (Wildman–Crippen MR) is 120 cm³/mol. The third-order valence-corrected chi connectivity index (χ3v) is 6.16. The number of amides is 1. The van der Waals surface area contributed by atoms with Crippen molar-refractivity contribution in [3.8, 4) is 0 Å². The maximum atomic E-state index is 14.0. The number of hydrogen-bond donors (Lipinski definition) is 0. The summed E-state index contributed by atoms with van der Waals surface area (Å²) in [6, 6.07) is 14.5. The van der Waals surface area contributed by atoms with E-state index in [4.69, 9.17) is 21.1 Å². The second-order valence-electron chi connectivity index (χ2n) is 9.20. The predicted octanol–water partition coefficient (Wildman–Crippen LogP) is 4.77. The Labute approximate surface area is 187 Å². The molecule has 1 spiro atoms. The number of rotatable bonds is 2. The van der Waals surface area contributed by atoms with E-state index >= 15 is 0 Å². The third kappa shape index (κ3) is 3.10. The number of hydrogen-bond acceptors (Lipinski definition) is 4. The molecule has 5 nitrogen and oxygen atoms in total. The van der Waals surface area contributed by atoms with Gasteiger partial charge in [-0.3, -0.25) is 9.59 Å². The van der Waals surface area contributed by atoms with Crippen LogP contribution < -0.4 is 4.90 Å². The number of esters is 1. The molecule has 162 valence electrons. The van der Waals surface area contributed by atoms with Crippen LogP contribution in [0.1, 0.15) is 38.3 Å². The topological polar surface area (TPSA) is 55.8 Å². The summed E-state index contributed by atoms with van der Waals surface area (Å²) < 4.78 is 12.3. The van der Waals surface area contributed by atoms with Crippen molar-refractivity contribution >= 4 is 29.2 Å². The van der Waals surface area contributed by atoms with Gasteiger partial charge in [-0.15, -0.1) is 0 Å². The first kappa shape index (κ1) is 21.6. The average molecular weight is 440 g/mol. The van der Waals surface area contributed by atoms with Crippen LogP contribution in [0, 0.1) is 0 Å². The monoisotopic (exact) mass is 439 g/mol. The van der Waals surface area contributed by atoms with Gasteiger partial charge >= 0.3 is 5.97 Å². The Morgan fingerprint density at radius 3 is 2.52 bits per heavy atom. The van der Waals surface area contributed by atoms with Crippen LogP contribution >= 0.6 is 11.6 Å².